The summed E-state index contributed by atoms with van der Waals surface area (Å²) in [6.45, 7) is 0.380. The van der Waals surface area contributed by atoms with E-state index in [9.17, 15) is 14.9 Å². The number of hydrogen-bond acceptors (Lipinski definition) is 6. The van der Waals surface area contributed by atoms with E-state index in [2.05, 4.69) is 21.9 Å². The van der Waals surface area contributed by atoms with Crippen LogP contribution in [0.2, 0.25) is 5.02 Å². The lowest BCUT2D eigenvalue weighted by molar-refractivity contribution is -0.136. The zero-order valence-electron chi connectivity index (χ0n) is 18.1. The Hall–Kier alpha value is -3.67. The van der Waals surface area contributed by atoms with Crippen LogP contribution in [0.25, 0.3) is 0 Å². The molecule has 172 valence electrons. The second-order valence-corrected chi connectivity index (χ2v) is 9.21. The van der Waals surface area contributed by atoms with E-state index in [0.717, 1.165) is 41.7 Å². The number of halogens is 1. The number of rotatable bonds is 6. The van der Waals surface area contributed by atoms with Crippen LogP contribution in [0, 0.1) is 11.3 Å². The van der Waals surface area contributed by atoms with Gasteiger partial charge in [-0.3, -0.25) is 9.59 Å². The van der Waals surface area contributed by atoms with Crippen LogP contribution in [0.1, 0.15) is 40.0 Å². The van der Waals surface area contributed by atoms with Gasteiger partial charge in [-0.1, -0.05) is 35.9 Å². The molecule has 0 saturated carbocycles. The van der Waals surface area contributed by atoms with Crippen molar-refractivity contribution in [2.75, 3.05) is 5.32 Å². The minimum Gasteiger partial charge on any atom is -0.489 e. The number of ether oxygens (including phenoxy) is 1. The molecule has 2 N–H and O–H groups in total. The standard InChI is InChI=1S/C25H21ClN4O3S/c26-18-10-8-16(9-11-18)15-33-19-5-3-4-17(12-19)14-28-30-24(32)23(31)29-25-21(13-27)20-6-1-2-7-22(20)34-25/h3-5,8-12,14H,1-2,6-7,15H2,(H,29,31)(H,30,32). The van der Waals surface area contributed by atoms with Crippen molar-refractivity contribution in [2.45, 2.75) is 32.3 Å². The zero-order valence-corrected chi connectivity index (χ0v) is 19.7. The molecule has 1 aliphatic carbocycles. The molecule has 9 heteroatoms. The first-order valence-corrected chi connectivity index (χ1v) is 11.9. The molecular formula is C25H21ClN4O3S. The molecule has 1 aliphatic rings. The molecule has 0 radical (unpaired) electrons. The largest absolute Gasteiger partial charge is 0.489 e. The first-order chi connectivity index (χ1) is 16.5. The fraction of sp³-hybridized carbons (Fsp3) is 0.200. The second-order valence-electron chi connectivity index (χ2n) is 7.67. The molecule has 0 saturated heterocycles. The Balaban J connectivity index is 1.32. The number of anilines is 1. The highest BCUT2D eigenvalue weighted by molar-refractivity contribution is 7.16. The van der Waals surface area contributed by atoms with Gasteiger partial charge in [0, 0.05) is 9.90 Å². The highest BCUT2D eigenvalue weighted by atomic mass is 35.5. The Morgan fingerprint density at radius 3 is 2.74 bits per heavy atom. The van der Waals surface area contributed by atoms with Crippen LogP contribution >= 0.6 is 22.9 Å². The lowest BCUT2D eigenvalue weighted by Crippen LogP contribution is -2.32. The predicted octanol–water partition coefficient (Wildman–Crippen LogP) is 4.82. The van der Waals surface area contributed by atoms with Gasteiger partial charge in [0.25, 0.3) is 0 Å². The molecule has 7 nitrogen and oxygen atoms in total. The number of thiophene rings is 1. The number of hydrogen-bond donors (Lipinski definition) is 2. The number of nitrogens with zero attached hydrogens (tertiary/aromatic N) is 2. The van der Waals surface area contributed by atoms with Crippen molar-refractivity contribution in [3.8, 4) is 11.8 Å². The van der Waals surface area contributed by atoms with E-state index in [-0.39, 0.29) is 0 Å². The summed E-state index contributed by atoms with van der Waals surface area (Å²) in [5.74, 6) is -1.15. The van der Waals surface area contributed by atoms with Crippen LogP contribution in [-0.4, -0.2) is 18.0 Å². The van der Waals surface area contributed by atoms with Crippen molar-refractivity contribution in [2.24, 2.45) is 5.10 Å². The molecule has 1 heterocycles. The average Bonchev–Trinajstić information content (AvgIpc) is 3.20. The van der Waals surface area contributed by atoms with E-state index in [0.29, 0.717) is 33.5 Å². The minimum absolute atomic E-state index is 0.380. The van der Waals surface area contributed by atoms with E-state index in [1.54, 1.807) is 30.3 Å². The Bertz CT molecular complexity index is 1280. The summed E-state index contributed by atoms with van der Waals surface area (Å²) in [5.41, 5.74) is 5.34. The van der Waals surface area contributed by atoms with Crippen LogP contribution < -0.4 is 15.5 Å². The van der Waals surface area contributed by atoms with E-state index < -0.39 is 11.8 Å². The first-order valence-electron chi connectivity index (χ1n) is 10.7. The Morgan fingerprint density at radius 1 is 1.15 bits per heavy atom. The van der Waals surface area contributed by atoms with Crippen LogP contribution in [0.15, 0.2) is 53.6 Å². The fourth-order valence-electron chi connectivity index (χ4n) is 3.58. The summed E-state index contributed by atoms with van der Waals surface area (Å²) in [6.07, 6.45) is 5.22. The molecule has 2 amide bonds. The summed E-state index contributed by atoms with van der Waals surface area (Å²) < 4.78 is 5.78. The maximum Gasteiger partial charge on any atom is 0.329 e. The monoisotopic (exact) mass is 492 g/mol. The van der Waals surface area contributed by atoms with Gasteiger partial charge in [0.1, 0.15) is 23.4 Å². The number of nitriles is 1. The molecule has 34 heavy (non-hydrogen) atoms. The molecule has 0 spiro atoms. The Labute approximate surface area is 206 Å². The summed E-state index contributed by atoms with van der Waals surface area (Å²) in [5, 5.41) is 17.0. The highest BCUT2D eigenvalue weighted by Crippen LogP contribution is 2.37. The number of fused-ring (bicyclic) bond motifs is 1. The van der Waals surface area contributed by atoms with Crippen LogP contribution in [0.5, 0.6) is 5.75 Å². The number of benzene rings is 2. The van der Waals surface area contributed by atoms with E-state index in [4.69, 9.17) is 16.3 Å². The minimum atomic E-state index is -0.915. The van der Waals surface area contributed by atoms with Crippen molar-refractivity contribution in [1.29, 1.82) is 5.26 Å². The van der Waals surface area contributed by atoms with Gasteiger partial charge in [0.15, 0.2) is 0 Å². The van der Waals surface area contributed by atoms with Crippen molar-refractivity contribution in [3.05, 3.63) is 80.7 Å². The number of carbonyl (C=O) groups excluding carboxylic acids is 2. The van der Waals surface area contributed by atoms with Crippen LogP contribution in [0.4, 0.5) is 5.00 Å². The van der Waals surface area contributed by atoms with Gasteiger partial charge < -0.3 is 10.1 Å². The zero-order chi connectivity index (χ0) is 23.9. The summed E-state index contributed by atoms with van der Waals surface area (Å²) in [4.78, 5) is 25.6. The number of nitrogens with one attached hydrogen (secondary N) is 2. The van der Waals surface area contributed by atoms with Gasteiger partial charge in [-0.15, -0.1) is 11.3 Å². The number of carbonyl (C=O) groups is 2. The molecule has 4 rings (SSSR count). The predicted molar refractivity (Wildman–Crippen MR) is 132 cm³/mol. The molecule has 0 fully saturated rings. The molecule has 0 bridgehead atoms. The third kappa shape index (κ3) is 5.81. The molecule has 0 aliphatic heterocycles. The third-order valence-corrected chi connectivity index (χ3v) is 6.73. The van der Waals surface area contributed by atoms with Gasteiger partial charge in [-0.05, 0) is 66.6 Å². The molecule has 1 aromatic heterocycles. The molecule has 3 aromatic rings. The van der Waals surface area contributed by atoms with Gasteiger partial charge in [-0.25, -0.2) is 5.43 Å². The SMILES string of the molecule is N#Cc1c(NC(=O)C(=O)NN=Cc2cccc(OCc3ccc(Cl)cc3)c2)sc2c1CCCC2. The normalized spacial score (nSPS) is 12.6. The maximum absolute atomic E-state index is 12.3. The summed E-state index contributed by atoms with van der Waals surface area (Å²) >= 11 is 7.26. The lowest BCUT2D eigenvalue weighted by atomic mass is 9.96. The van der Waals surface area contributed by atoms with Crippen molar-refractivity contribution < 1.29 is 14.3 Å². The summed E-state index contributed by atoms with van der Waals surface area (Å²) in [6, 6.07) is 16.7. The first kappa shape index (κ1) is 23.5. The molecule has 0 atom stereocenters. The highest BCUT2D eigenvalue weighted by Gasteiger charge is 2.23. The van der Waals surface area contributed by atoms with E-state index in [1.165, 1.54) is 17.6 Å². The average molecular weight is 493 g/mol. The van der Waals surface area contributed by atoms with Crippen molar-refractivity contribution >= 4 is 46.0 Å². The van der Waals surface area contributed by atoms with E-state index in [1.807, 2.05) is 18.2 Å². The molecule has 2 aromatic carbocycles. The van der Waals surface area contributed by atoms with Crippen molar-refractivity contribution in [1.82, 2.24) is 5.43 Å². The van der Waals surface area contributed by atoms with Crippen LogP contribution in [-0.2, 0) is 29.0 Å². The fourth-order valence-corrected chi connectivity index (χ4v) is 4.94. The van der Waals surface area contributed by atoms with Crippen molar-refractivity contribution in [3.63, 3.8) is 0 Å². The Kier molecular flexibility index (Phi) is 7.58. The second kappa shape index (κ2) is 11.0. The number of hydrazone groups is 1. The molecular weight excluding hydrogens is 472 g/mol. The van der Waals surface area contributed by atoms with E-state index >= 15 is 0 Å². The topological polar surface area (TPSA) is 104 Å². The third-order valence-electron chi connectivity index (χ3n) is 5.27. The maximum atomic E-state index is 12.3. The lowest BCUT2D eigenvalue weighted by Gasteiger charge is -2.09. The number of amides is 2. The smallest absolute Gasteiger partial charge is 0.329 e. The van der Waals surface area contributed by atoms with Gasteiger partial charge in [0.05, 0.1) is 11.8 Å². The van der Waals surface area contributed by atoms with Crippen LogP contribution in [0.3, 0.4) is 0 Å². The Morgan fingerprint density at radius 2 is 1.94 bits per heavy atom. The molecule has 0 unspecified atom stereocenters. The van der Waals surface area contributed by atoms with Gasteiger partial charge in [0.2, 0.25) is 0 Å². The van der Waals surface area contributed by atoms with Gasteiger partial charge in [-0.2, -0.15) is 10.4 Å². The quantitative estimate of drug-likeness (QED) is 0.292. The number of aryl methyl sites for hydroxylation is 1. The summed E-state index contributed by atoms with van der Waals surface area (Å²) in [7, 11) is 0. The van der Waals surface area contributed by atoms with Gasteiger partial charge >= 0.3 is 11.8 Å².